The van der Waals surface area contributed by atoms with Crippen molar-refractivity contribution in [1.29, 1.82) is 0 Å². The zero-order chi connectivity index (χ0) is 19.8. The van der Waals surface area contributed by atoms with E-state index in [2.05, 4.69) is 25.8 Å². The van der Waals surface area contributed by atoms with Crippen molar-refractivity contribution in [3.05, 3.63) is 77.7 Å². The second-order valence-electron chi connectivity index (χ2n) is 5.70. The Morgan fingerprint density at radius 3 is 2.54 bits per heavy atom. The average molecular weight is 377 g/mol. The molecular formula is C20H19N5O3. The van der Waals surface area contributed by atoms with Crippen LogP contribution in [0.15, 0.2) is 60.8 Å². The number of carbonyl (C=O) groups excluding carboxylic acids is 2. The van der Waals surface area contributed by atoms with Gasteiger partial charge in [-0.15, -0.1) is 10.2 Å². The molecule has 2 aromatic heterocycles. The van der Waals surface area contributed by atoms with Crippen molar-refractivity contribution < 1.29 is 14.3 Å². The number of carbonyl (C=O) groups is 2. The third-order valence-electron chi connectivity index (χ3n) is 3.74. The van der Waals surface area contributed by atoms with E-state index in [1.807, 2.05) is 18.2 Å². The summed E-state index contributed by atoms with van der Waals surface area (Å²) in [5.74, 6) is -0.451. The lowest BCUT2D eigenvalue weighted by molar-refractivity contribution is 0.0527. The van der Waals surface area contributed by atoms with Gasteiger partial charge in [0.2, 0.25) is 0 Å². The molecule has 1 amide bonds. The normalized spacial score (nSPS) is 10.2. The second-order valence-corrected chi connectivity index (χ2v) is 5.70. The minimum Gasteiger partial charge on any atom is -0.462 e. The molecule has 1 aromatic carbocycles. The second kappa shape index (κ2) is 9.22. The fraction of sp³-hybridized carbons (Fsp3) is 0.150. The van der Waals surface area contributed by atoms with E-state index >= 15 is 0 Å². The van der Waals surface area contributed by atoms with Crippen LogP contribution in [0.25, 0.3) is 0 Å². The molecule has 28 heavy (non-hydrogen) atoms. The van der Waals surface area contributed by atoms with Crippen LogP contribution in [0.4, 0.5) is 11.5 Å². The Morgan fingerprint density at radius 2 is 1.82 bits per heavy atom. The number of nitrogens with one attached hydrogen (secondary N) is 2. The van der Waals surface area contributed by atoms with Crippen molar-refractivity contribution >= 4 is 23.4 Å². The molecule has 0 spiro atoms. The van der Waals surface area contributed by atoms with E-state index in [-0.39, 0.29) is 17.9 Å². The summed E-state index contributed by atoms with van der Waals surface area (Å²) in [5.41, 5.74) is 1.62. The lowest BCUT2D eigenvalue weighted by atomic mass is 10.1. The smallest absolute Gasteiger partial charge is 0.340 e. The van der Waals surface area contributed by atoms with E-state index in [0.29, 0.717) is 18.1 Å². The van der Waals surface area contributed by atoms with E-state index in [1.54, 1.807) is 49.5 Å². The van der Waals surface area contributed by atoms with Crippen molar-refractivity contribution in [2.45, 2.75) is 13.5 Å². The molecular weight excluding hydrogens is 358 g/mol. The monoisotopic (exact) mass is 377 g/mol. The number of rotatable bonds is 7. The van der Waals surface area contributed by atoms with Gasteiger partial charge >= 0.3 is 5.97 Å². The van der Waals surface area contributed by atoms with Crippen LogP contribution >= 0.6 is 0 Å². The molecule has 0 radical (unpaired) electrons. The predicted octanol–water partition coefficient (Wildman–Crippen LogP) is 2.91. The number of pyridine rings is 1. The molecule has 2 heterocycles. The van der Waals surface area contributed by atoms with Crippen LogP contribution in [-0.4, -0.2) is 33.7 Å². The summed E-state index contributed by atoms with van der Waals surface area (Å²) in [6.07, 6.45) is 1.71. The lowest BCUT2D eigenvalue weighted by Crippen LogP contribution is -2.17. The molecule has 0 saturated heterocycles. The van der Waals surface area contributed by atoms with Crippen LogP contribution in [0.1, 0.15) is 33.5 Å². The first-order valence-corrected chi connectivity index (χ1v) is 8.72. The van der Waals surface area contributed by atoms with E-state index < -0.39 is 11.9 Å². The van der Waals surface area contributed by atoms with Gasteiger partial charge in [-0.1, -0.05) is 18.2 Å². The number of para-hydroxylation sites is 1. The molecule has 3 rings (SSSR count). The molecule has 0 unspecified atom stereocenters. The SMILES string of the molecule is CCOC(=O)c1ccccc1NC(=O)c1ccc(NCc2ccccn2)nn1. The van der Waals surface area contributed by atoms with Gasteiger partial charge in [-0.2, -0.15) is 0 Å². The maximum absolute atomic E-state index is 12.4. The number of hydrogen-bond acceptors (Lipinski definition) is 7. The largest absolute Gasteiger partial charge is 0.462 e. The number of esters is 1. The highest BCUT2D eigenvalue weighted by Crippen LogP contribution is 2.17. The van der Waals surface area contributed by atoms with E-state index in [0.717, 1.165) is 5.69 Å². The van der Waals surface area contributed by atoms with Crippen LogP contribution in [0.2, 0.25) is 0 Å². The maximum Gasteiger partial charge on any atom is 0.340 e. The summed E-state index contributed by atoms with van der Waals surface area (Å²) in [6, 6.07) is 15.5. The predicted molar refractivity (Wildman–Crippen MR) is 104 cm³/mol. The van der Waals surface area contributed by atoms with Gasteiger partial charge in [-0.25, -0.2) is 4.79 Å². The first kappa shape index (κ1) is 19.0. The molecule has 0 aliphatic heterocycles. The van der Waals surface area contributed by atoms with Gasteiger partial charge in [0.25, 0.3) is 5.91 Å². The molecule has 0 aliphatic carbocycles. The molecule has 142 valence electrons. The van der Waals surface area contributed by atoms with Crippen molar-refractivity contribution in [2.75, 3.05) is 17.2 Å². The first-order valence-electron chi connectivity index (χ1n) is 8.72. The third kappa shape index (κ3) is 4.88. The number of ether oxygens (including phenoxy) is 1. The Hall–Kier alpha value is -3.81. The molecule has 2 N–H and O–H groups in total. The van der Waals surface area contributed by atoms with Crippen LogP contribution in [0, 0.1) is 0 Å². The summed E-state index contributed by atoms with van der Waals surface area (Å²) >= 11 is 0. The van der Waals surface area contributed by atoms with E-state index in [4.69, 9.17) is 4.74 Å². The molecule has 0 saturated carbocycles. The van der Waals surface area contributed by atoms with Crippen molar-refractivity contribution in [2.24, 2.45) is 0 Å². The fourth-order valence-corrected chi connectivity index (χ4v) is 2.40. The Kier molecular flexibility index (Phi) is 6.25. The summed E-state index contributed by atoms with van der Waals surface area (Å²) < 4.78 is 5.00. The molecule has 0 bridgehead atoms. The van der Waals surface area contributed by atoms with Crippen LogP contribution in [0.3, 0.4) is 0 Å². The molecule has 0 atom stereocenters. The first-order chi connectivity index (χ1) is 13.7. The number of amides is 1. The summed E-state index contributed by atoms with van der Waals surface area (Å²) in [6.45, 7) is 2.46. The topological polar surface area (TPSA) is 106 Å². The summed E-state index contributed by atoms with van der Waals surface area (Å²) in [5, 5.41) is 13.7. The lowest BCUT2D eigenvalue weighted by Gasteiger charge is -2.10. The van der Waals surface area contributed by atoms with Gasteiger partial charge < -0.3 is 15.4 Å². The third-order valence-corrected chi connectivity index (χ3v) is 3.74. The van der Waals surface area contributed by atoms with Gasteiger partial charge in [-0.05, 0) is 43.3 Å². The van der Waals surface area contributed by atoms with Crippen LogP contribution in [0.5, 0.6) is 0 Å². The minimum atomic E-state index is -0.501. The highest BCUT2D eigenvalue weighted by Gasteiger charge is 2.15. The van der Waals surface area contributed by atoms with E-state index in [9.17, 15) is 9.59 Å². The van der Waals surface area contributed by atoms with Gasteiger partial charge in [0.05, 0.1) is 30.1 Å². The molecule has 3 aromatic rings. The molecule has 0 fully saturated rings. The number of hydrogen-bond donors (Lipinski definition) is 2. The zero-order valence-corrected chi connectivity index (χ0v) is 15.3. The number of aromatic nitrogens is 3. The zero-order valence-electron chi connectivity index (χ0n) is 15.3. The Balaban J connectivity index is 1.65. The quantitative estimate of drug-likeness (QED) is 0.610. The Bertz CT molecular complexity index is 946. The van der Waals surface area contributed by atoms with E-state index in [1.165, 1.54) is 0 Å². The number of anilines is 2. The van der Waals surface area contributed by atoms with Crippen LogP contribution < -0.4 is 10.6 Å². The number of nitrogens with zero attached hydrogens (tertiary/aromatic N) is 3. The number of benzene rings is 1. The van der Waals surface area contributed by atoms with Crippen molar-refractivity contribution in [3.8, 4) is 0 Å². The van der Waals surface area contributed by atoms with Crippen molar-refractivity contribution in [1.82, 2.24) is 15.2 Å². The highest BCUT2D eigenvalue weighted by atomic mass is 16.5. The average Bonchev–Trinajstić information content (AvgIpc) is 2.74. The van der Waals surface area contributed by atoms with Gasteiger partial charge in [0, 0.05) is 6.20 Å². The molecule has 8 heteroatoms. The Morgan fingerprint density at radius 1 is 1.00 bits per heavy atom. The Labute approximate surface area is 162 Å². The molecule has 8 nitrogen and oxygen atoms in total. The van der Waals surface area contributed by atoms with Gasteiger partial charge in [-0.3, -0.25) is 9.78 Å². The van der Waals surface area contributed by atoms with Crippen LogP contribution in [-0.2, 0) is 11.3 Å². The minimum absolute atomic E-state index is 0.127. The summed E-state index contributed by atoms with van der Waals surface area (Å²) in [4.78, 5) is 28.7. The maximum atomic E-state index is 12.4. The fourth-order valence-electron chi connectivity index (χ4n) is 2.40. The standard InChI is InChI=1S/C20H19N5O3/c1-2-28-20(27)15-8-3-4-9-16(15)23-19(26)17-10-11-18(25-24-17)22-13-14-7-5-6-12-21-14/h3-12H,2,13H2,1H3,(H,22,25)(H,23,26). The van der Waals surface area contributed by atoms with Gasteiger partial charge in [0.1, 0.15) is 5.82 Å². The van der Waals surface area contributed by atoms with Crippen molar-refractivity contribution in [3.63, 3.8) is 0 Å². The summed E-state index contributed by atoms with van der Waals surface area (Å²) in [7, 11) is 0. The molecule has 0 aliphatic rings. The van der Waals surface area contributed by atoms with Gasteiger partial charge in [0.15, 0.2) is 5.69 Å². The highest BCUT2D eigenvalue weighted by molar-refractivity contribution is 6.07.